The van der Waals surface area contributed by atoms with E-state index in [1.54, 1.807) is 13.0 Å². The number of benzene rings is 2. The number of rotatable bonds is 5. The van der Waals surface area contributed by atoms with Gasteiger partial charge in [0.2, 0.25) is 0 Å². The van der Waals surface area contributed by atoms with E-state index in [2.05, 4.69) is 37.9 Å². The standard InChI is InChI=1S/C20H25FN2/c1-6-23(5)13-22-20-11-14(2)18(10-16(20)4)12-17-7-8-19(21)15(3)9-17/h7-11,13H,6,12H2,1-5H3. The second-order valence-electron chi connectivity index (χ2n) is 6.14. The molecule has 2 aromatic carbocycles. The molecule has 3 heteroatoms. The normalized spacial score (nSPS) is 11.2. The lowest BCUT2D eigenvalue weighted by molar-refractivity contribution is 0.552. The fourth-order valence-corrected chi connectivity index (χ4v) is 2.47. The predicted molar refractivity (Wildman–Crippen MR) is 96.3 cm³/mol. The molecule has 0 aliphatic rings. The molecule has 2 nitrogen and oxygen atoms in total. The van der Waals surface area contributed by atoms with Crippen LogP contribution in [0.5, 0.6) is 0 Å². The summed E-state index contributed by atoms with van der Waals surface area (Å²) in [5, 5.41) is 0. The summed E-state index contributed by atoms with van der Waals surface area (Å²) in [6.45, 7) is 9.02. The SMILES string of the molecule is CCN(C)C=Nc1cc(C)c(Cc2ccc(F)c(C)c2)cc1C. The summed E-state index contributed by atoms with van der Waals surface area (Å²) < 4.78 is 13.4. The van der Waals surface area contributed by atoms with E-state index >= 15 is 0 Å². The molecule has 122 valence electrons. The molecule has 0 saturated carbocycles. The lowest BCUT2D eigenvalue weighted by atomic mass is 9.97. The van der Waals surface area contributed by atoms with E-state index in [0.29, 0.717) is 5.56 Å². The average molecular weight is 312 g/mol. The summed E-state index contributed by atoms with van der Waals surface area (Å²) in [4.78, 5) is 6.61. The van der Waals surface area contributed by atoms with Crippen LogP contribution >= 0.6 is 0 Å². The number of hydrogen-bond acceptors (Lipinski definition) is 1. The lowest BCUT2D eigenvalue weighted by Crippen LogP contribution is -2.14. The van der Waals surface area contributed by atoms with Gasteiger partial charge in [0.15, 0.2) is 0 Å². The minimum absolute atomic E-state index is 0.147. The van der Waals surface area contributed by atoms with Gasteiger partial charge in [-0.05, 0) is 74.1 Å². The van der Waals surface area contributed by atoms with Crippen molar-refractivity contribution in [3.05, 3.63) is 64.0 Å². The first-order valence-electron chi connectivity index (χ1n) is 8.00. The highest BCUT2D eigenvalue weighted by Gasteiger charge is 2.06. The maximum atomic E-state index is 13.4. The van der Waals surface area contributed by atoms with Crippen molar-refractivity contribution in [1.29, 1.82) is 0 Å². The molecule has 0 radical (unpaired) electrons. The van der Waals surface area contributed by atoms with E-state index in [0.717, 1.165) is 29.8 Å². The maximum Gasteiger partial charge on any atom is 0.126 e. The second-order valence-corrected chi connectivity index (χ2v) is 6.14. The van der Waals surface area contributed by atoms with Gasteiger partial charge in [-0.3, -0.25) is 0 Å². The van der Waals surface area contributed by atoms with Crippen LogP contribution in [0.2, 0.25) is 0 Å². The van der Waals surface area contributed by atoms with Crippen LogP contribution in [0.1, 0.15) is 34.7 Å². The molecular weight excluding hydrogens is 287 g/mol. The predicted octanol–water partition coefficient (Wildman–Crippen LogP) is 4.95. The van der Waals surface area contributed by atoms with E-state index in [-0.39, 0.29) is 5.82 Å². The molecule has 0 fully saturated rings. The zero-order valence-electron chi connectivity index (χ0n) is 14.7. The monoisotopic (exact) mass is 312 g/mol. The number of halogens is 1. The summed E-state index contributed by atoms with van der Waals surface area (Å²) in [5.41, 5.74) is 6.46. The Hall–Kier alpha value is -2.16. The third kappa shape index (κ3) is 4.41. The van der Waals surface area contributed by atoms with Crippen LogP contribution in [-0.2, 0) is 6.42 Å². The largest absolute Gasteiger partial charge is 0.366 e. The van der Waals surface area contributed by atoms with Crippen LogP contribution < -0.4 is 0 Å². The number of aliphatic imine (C=N–C) groups is 1. The molecule has 0 unspecified atom stereocenters. The van der Waals surface area contributed by atoms with Gasteiger partial charge in [-0.25, -0.2) is 9.38 Å². The van der Waals surface area contributed by atoms with E-state index in [9.17, 15) is 4.39 Å². The molecule has 23 heavy (non-hydrogen) atoms. The molecule has 0 bridgehead atoms. The molecule has 2 rings (SSSR count). The quantitative estimate of drug-likeness (QED) is 0.563. The highest BCUT2D eigenvalue weighted by Crippen LogP contribution is 2.25. The molecule has 0 aliphatic heterocycles. The molecule has 0 spiro atoms. The van der Waals surface area contributed by atoms with Gasteiger partial charge in [0.25, 0.3) is 0 Å². The first-order chi connectivity index (χ1) is 10.9. The van der Waals surface area contributed by atoms with E-state index < -0.39 is 0 Å². The van der Waals surface area contributed by atoms with Gasteiger partial charge in [0.1, 0.15) is 5.82 Å². The van der Waals surface area contributed by atoms with Crippen molar-refractivity contribution in [1.82, 2.24) is 4.90 Å². The topological polar surface area (TPSA) is 15.6 Å². The van der Waals surface area contributed by atoms with Crippen LogP contribution in [0, 0.1) is 26.6 Å². The molecule has 0 amide bonds. The third-order valence-corrected chi connectivity index (χ3v) is 4.16. The van der Waals surface area contributed by atoms with Gasteiger partial charge < -0.3 is 4.90 Å². The first-order valence-corrected chi connectivity index (χ1v) is 8.00. The fraction of sp³-hybridized carbons (Fsp3) is 0.350. The summed E-state index contributed by atoms with van der Waals surface area (Å²) >= 11 is 0. The molecule has 0 aromatic heterocycles. The van der Waals surface area contributed by atoms with Crippen molar-refractivity contribution in [2.45, 2.75) is 34.1 Å². The minimum atomic E-state index is -0.147. The van der Waals surface area contributed by atoms with E-state index in [1.165, 1.54) is 11.1 Å². The molecule has 0 saturated heterocycles. The van der Waals surface area contributed by atoms with Crippen LogP contribution in [0.3, 0.4) is 0 Å². The zero-order chi connectivity index (χ0) is 17.0. The van der Waals surface area contributed by atoms with Gasteiger partial charge in [-0.2, -0.15) is 0 Å². The molecule has 0 heterocycles. The van der Waals surface area contributed by atoms with Gasteiger partial charge in [0, 0.05) is 13.6 Å². The van der Waals surface area contributed by atoms with E-state index in [1.807, 2.05) is 30.4 Å². The Balaban J connectivity index is 2.25. The van der Waals surface area contributed by atoms with Crippen molar-refractivity contribution in [2.24, 2.45) is 4.99 Å². The molecule has 0 atom stereocenters. The number of aryl methyl sites for hydroxylation is 3. The van der Waals surface area contributed by atoms with Crippen LogP contribution in [-0.4, -0.2) is 24.8 Å². The highest BCUT2D eigenvalue weighted by molar-refractivity contribution is 5.64. The Morgan fingerprint density at radius 2 is 1.78 bits per heavy atom. The molecular formula is C20H25FN2. The van der Waals surface area contributed by atoms with Gasteiger partial charge in [-0.1, -0.05) is 18.2 Å². The minimum Gasteiger partial charge on any atom is -0.366 e. The number of nitrogens with zero attached hydrogens (tertiary/aromatic N) is 2. The highest BCUT2D eigenvalue weighted by atomic mass is 19.1. The Labute approximate surface area is 138 Å². The van der Waals surface area contributed by atoms with Gasteiger partial charge in [-0.15, -0.1) is 0 Å². The summed E-state index contributed by atoms with van der Waals surface area (Å²) in [5.74, 6) is -0.147. The van der Waals surface area contributed by atoms with Crippen LogP contribution in [0.4, 0.5) is 10.1 Å². The van der Waals surface area contributed by atoms with Crippen molar-refractivity contribution in [3.63, 3.8) is 0 Å². The Kier molecular flexibility index (Phi) is 5.54. The Morgan fingerprint density at radius 1 is 1.04 bits per heavy atom. The van der Waals surface area contributed by atoms with Crippen molar-refractivity contribution in [3.8, 4) is 0 Å². The average Bonchev–Trinajstić information content (AvgIpc) is 2.52. The van der Waals surface area contributed by atoms with Crippen molar-refractivity contribution in [2.75, 3.05) is 13.6 Å². The van der Waals surface area contributed by atoms with Gasteiger partial charge in [0.05, 0.1) is 12.0 Å². The van der Waals surface area contributed by atoms with Gasteiger partial charge >= 0.3 is 0 Å². The molecule has 0 aliphatic carbocycles. The lowest BCUT2D eigenvalue weighted by Gasteiger charge is -2.12. The van der Waals surface area contributed by atoms with Crippen molar-refractivity contribution < 1.29 is 4.39 Å². The zero-order valence-corrected chi connectivity index (χ0v) is 14.7. The summed E-state index contributed by atoms with van der Waals surface area (Å²) in [6.07, 6.45) is 2.68. The molecule has 0 N–H and O–H groups in total. The summed E-state index contributed by atoms with van der Waals surface area (Å²) in [6, 6.07) is 9.64. The third-order valence-electron chi connectivity index (χ3n) is 4.16. The van der Waals surface area contributed by atoms with Crippen molar-refractivity contribution >= 4 is 12.0 Å². The summed E-state index contributed by atoms with van der Waals surface area (Å²) in [7, 11) is 2.01. The Morgan fingerprint density at radius 3 is 2.43 bits per heavy atom. The first kappa shape index (κ1) is 17.2. The second kappa shape index (κ2) is 7.40. The maximum absolute atomic E-state index is 13.4. The smallest absolute Gasteiger partial charge is 0.126 e. The Bertz CT molecular complexity index is 720. The van der Waals surface area contributed by atoms with E-state index in [4.69, 9.17) is 0 Å². The number of hydrogen-bond donors (Lipinski definition) is 0. The van der Waals surface area contributed by atoms with Crippen LogP contribution in [0.25, 0.3) is 0 Å². The fourth-order valence-electron chi connectivity index (χ4n) is 2.47. The molecule has 2 aromatic rings. The van der Waals surface area contributed by atoms with Crippen LogP contribution in [0.15, 0.2) is 35.3 Å².